The van der Waals surface area contributed by atoms with Gasteiger partial charge < -0.3 is 10.6 Å². The normalized spacial score (nSPS) is 15.8. The molecule has 2 amide bonds. The lowest BCUT2D eigenvalue weighted by Gasteiger charge is -2.27. The highest BCUT2D eigenvalue weighted by atomic mass is 32.2. The standard InChI is InChI=1S/C24H30FN3O4S/c1-16(2)22(27-23(29)18-8-10-19(25)11-9-18)24(30)26-20-12-7-17(3)21(15-20)33(31,32)28-13-5-4-6-14-28/h7-12,15-16,22H,4-6,13-14H2,1-3H3,(H,26,30)(H,27,29). The van der Waals surface area contributed by atoms with Crippen molar-refractivity contribution in [2.24, 2.45) is 5.92 Å². The van der Waals surface area contributed by atoms with Crippen LogP contribution in [0.5, 0.6) is 0 Å². The van der Waals surface area contributed by atoms with Crippen LogP contribution in [0, 0.1) is 18.7 Å². The number of anilines is 1. The first-order valence-electron chi connectivity index (χ1n) is 11.1. The molecule has 33 heavy (non-hydrogen) atoms. The molecule has 1 saturated heterocycles. The summed E-state index contributed by atoms with van der Waals surface area (Å²) in [7, 11) is -3.66. The van der Waals surface area contributed by atoms with E-state index in [1.807, 2.05) is 0 Å². The number of hydrogen-bond acceptors (Lipinski definition) is 4. The summed E-state index contributed by atoms with van der Waals surface area (Å²) in [4.78, 5) is 25.7. The van der Waals surface area contributed by atoms with Gasteiger partial charge in [-0.25, -0.2) is 12.8 Å². The molecule has 0 bridgehead atoms. The van der Waals surface area contributed by atoms with Crippen LogP contribution in [0.25, 0.3) is 0 Å². The molecule has 2 N–H and O–H groups in total. The van der Waals surface area contributed by atoms with Crippen LogP contribution in [0.1, 0.15) is 49.0 Å². The molecule has 1 heterocycles. The molecule has 1 fully saturated rings. The minimum Gasteiger partial charge on any atom is -0.340 e. The number of carbonyl (C=O) groups excluding carboxylic acids is 2. The molecule has 0 saturated carbocycles. The molecule has 2 aromatic carbocycles. The molecule has 1 aliphatic heterocycles. The number of rotatable bonds is 7. The van der Waals surface area contributed by atoms with Crippen molar-refractivity contribution in [3.8, 4) is 0 Å². The summed E-state index contributed by atoms with van der Waals surface area (Å²) in [6, 6.07) is 8.94. The summed E-state index contributed by atoms with van der Waals surface area (Å²) in [6.45, 7) is 6.28. The summed E-state index contributed by atoms with van der Waals surface area (Å²) in [5.74, 6) is -1.66. The van der Waals surface area contributed by atoms with Gasteiger partial charge in [-0.15, -0.1) is 0 Å². The number of aryl methyl sites for hydroxylation is 1. The van der Waals surface area contributed by atoms with Gasteiger partial charge in [0.25, 0.3) is 5.91 Å². The summed E-state index contributed by atoms with van der Waals surface area (Å²) in [5, 5.41) is 5.42. The molecule has 0 aliphatic carbocycles. The van der Waals surface area contributed by atoms with Crippen LogP contribution in [-0.2, 0) is 14.8 Å². The Morgan fingerprint density at radius 2 is 1.64 bits per heavy atom. The van der Waals surface area contributed by atoms with Gasteiger partial charge in [0.2, 0.25) is 15.9 Å². The van der Waals surface area contributed by atoms with Crippen molar-refractivity contribution in [1.82, 2.24) is 9.62 Å². The van der Waals surface area contributed by atoms with Crippen molar-refractivity contribution in [1.29, 1.82) is 0 Å². The molecule has 7 nitrogen and oxygen atoms in total. The lowest BCUT2D eigenvalue weighted by Crippen LogP contribution is -2.47. The minimum absolute atomic E-state index is 0.165. The average molecular weight is 476 g/mol. The lowest BCUT2D eigenvalue weighted by atomic mass is 10.0. The quantitative estimate of drug-likeness (QED) is 0.638. The Hall–Kier alpha value is -2.78. The van der Waals surface area contributed by atoms with E-state index in [0.717, 1.165) is 19.3 Å². The lowest BCUT2D eigenvalue weighted by molar-refractivity contribution is -0.118. The van der Waals surface area contributed by atoms with E-state index in [0.29, 0.717) is 24.3 Å². The van der Waals surface area contributed by atoms with Crippen LogP contribution in [0.3, 0.4) is 0 Å². The van der Waals surface area contributed by atoms with Gasteiger partial charge in [-0.3, -0.25) is 9.59 Å². The fraction of sp³-hybridized carbons (Fsp3) is 0.417. The maximum absolute atomic E-state index is 13.1. The van der Waals surface area contributed by atoms with E-state index in [4.69, 9.17) is 0 Å². The van der Waals surface area contributed by atoms with Gasteiger partial charge in [0, 0.05) is 24.3 Å². The third kappa shape index (κ3) is 5.97. The maximum atomic E-state index is 13.1. The topological polar surface area (TPSA) is 95.6 Å². The van der Waals surface area contributed by atoms with E-state index in [2.05, 4.69) is 10.6 Å². The van der Waals surface area contributed by atoms with Crippen LogP contribution >= 0.6 is 0 Å². The number of halogens is 1. The predicted octanol–water partition coefficient (Wildman–Crippen LogP) is 3.70. The number of nitrogens with one attached hydrogen (secondary N) is 2. The molecule has 178 valence electrons. The van der Waals surface area contributed by atoms with Crippen molar-refractivity contribution in [3.63, 3.8) is 0 Å². The SMILES string of the molecule is Cc1ccc(NC(=O)C(NC(=O)c2ccc(F)cc2)C(C)C)cc1S(=O)(=O)N1CCCCC1. The highest BCUT2D eigenvalue weighted by molar-refractivity contribution is 7.89. The average Bonchev–Trinajstić information content (AvgIpc) is 2.79. The highest BCUT2D eigenvalue weighted by Crippen LogP contribution is 2.26. The number of carbonyl (C=O) groups is 2. The van der Waals surface area contributed by atoms with E-state index in [1.165, 1.54) is 34.6 Å². The molecular weight excluding hydrogens is 445 g/mol. The second-order valence-electron chi connectivity index (χ2n) is 8.64. The van der Waals surface area contributed by atoms with Gasteiger partial charge in [-0.2, -0.15) is 4.31 Å². The molecule has 1 unspecified atom stereocenters. The Labute approximate surface area is 194 Å². The van der Waals surface area contributed by atoms with Gasteiger partial charge in [-0.05, 0) is 67.6 Å². The van der Waals surface area contributed by atoms with Crippen molar-refractivity contribution in [2.45, 2.75) is 51.0 Å². The minimum atomic E-state index is -3.66. The smallest absolute Gasteiger partial charge is 0.251 e. The number of sulfonamides is 1. The summed E-state index contributed by atoms with van der Waals surface area (Å²) >= 11 is 0. The van der Waals surface area contributed by atoms with Gasteiger partial charge in [-0.1, -0.05) is 26.3 Å². The molecular formula is C24H30FN3O4S. The second kappa shape index (κ2) is 10.4. The van der Waals surface area contributed by atoms with Gasteiger partial charge >= 0.3 is 0 Å². The molecule has 9 heteroatoms. The Morgan fingerprint density at radius 1 is 1.00 bits per heavy atom. The van der Waals surface area contributed by atoms with E-state index < -0.39 is 33.7 Å². The van der Waals surface area contributed by atoms with E-state index >= 15 is 0 Å². The van der Waals surface area contributed by atoms with Crippen molar-refractivity contribution >= 4 is 27.5 Å². The van der Waals surface area contributed by atoms with Crippen molar-refractivity contribution < 1.29 is 22.4 Å². The largest absolute Gasteiger partial charge is 0.340 e. The second-order valence-corrected chi connectivity index (χ2v) is 10.5. The van der Waals surface area contributed by atoms with E-state index in [1.54, 1.807) is 32.9 Å². The fourth-order valence-electron chi connectivity index (χ4n) is 3.78. The van der Waals surface area contributed by atoms with E-state index in [9.17, 15) is 22.4 Å². The predicted molar refractivity (Wildman–Crippen MR) is 125 cm³/mol. The Morgan fingerprint density at radius 3 is 2.24 bits per heavy atom. The Bertz CT molecular complexity index is 1110. The third-order valence-electron chi connectivity index (χ3n) is 5.73. The van der Waals surface area contributed by atoms with Crippen LogP contribution in [0.15, 0.2) is 47.4 Å². The molecule has 0 spiro atoms. The van der Waals surface area contributed by atoms with Crippen molar-refractivity contribution in [2.75, 3.05) is 18.4 Å². The zero-order valence-electron chi connectivity index (χ0n) is 19.1. The van der Waals surface area contributed by atoms with Crippen LogP contribution in [0.2, 0.25) is 0 Å². The number of piperidine rings is 1. The molecule has 1 atom stereocenters. The zero-order chi connectivity index (χ0) is 24.2. The summed E-state index contributed by atoms with van der Waals surface area (Å²) in [6.07, 6.45) is 2.68. The molecule has 3 rings (SSSR count). The fourth-order valence-corrected chi connectivity index (χ4v) is 5.55. The highest BCUT2D eigenvalue weighted by Gasteiger charge is 2.29. The summed E-state index contributed by atoms with van der Waals surface area (Å²) < 4.78 is 40.9. The first-order chi connectivity index (χ1) is 15.6. The molecule has 2 aromatic rings. The molecule has 0 radical (unpaired) electrons. The van der Waals surface area contributed by atoms with Crippen LogP contribution in [-0.4, -0.2) is 43.7 Å². The number of hydrogen-bond donors (Lipinski definition) is 2. The monoisotopic (exact) mass is 475 g/mol. The van der Waals surface area contributed by atoms with Crippen LogP contribution in [0.4, 0.5) is 10.1 Å². The van der Waals surface area contributed by atoms with Gasteiger partial charge in [0.05, 0.1) is 4.90 Å². The first-order valence-corrected chi connectivity index (χ1v) is 12.5. The summed E-state index contributed by atoms with van der Waals surface area (Å²) in [5.41, 5.74) is 1.17. The van der Waals surface area contributed by atoms with Crippen molar-refractivity contribution in [3.05, 3.63) is 59.4 Å². The third-order valence-corrected chi connectivity index (χ3v) is 7.77. The number of nitrogens with zero attached hydrogens (tertiary/aromatic N) is 1. The van der Waals surface area contributed by atoms with Gasteiger partial charge in [0.1, 0.15) is 11.9 Å². The zero-order valence-corrected chi connectivity index (χ0v) is 19.9. The first kappa shape index (κ1) is 24.9. The maximum Gasteiger partial charge on any atom is 0.251 e. The van der Waals surface area contributed by atoms with E-state index in [-0.39, 0.29) is 16.4 Å². The number of benzene rings is 2. The molecule has 1 aliphatic rings. The molecule has 0 aromatic heterocycles. The van der Waals surface area contributed by atoms with Gasteiger partial charge in [0.15, 0.2) is 0 Å². The Kier molecular flexibility index (Phi) is 7.86. The van der Waals surface area contributed by atoms with Crippen LogP contribution < -0.4 is 10.6 Å². The Balaban J connectivity index is 1.78. The number of amides is 2.